The average molecular weight is 310 g/mol. The molecule has 0 bridgehead atoms. The minimum absolute atomic E-state index is 0.161. The number of methoxy groups -OCH3 is 2. The van der Waals surface area contributed by atoms with Crippen LogP contribution in [-0.4, -0.2) is 25.1 Å². The fraction of sp³-hybridized carbons (Fsp3) is 0.167. The molecule has 0 atom stereocenters. The van der Waals surface area contributed by atoms with E-state index in [-0.39, 0.29) is 5.91 Å². The number of rotatable bonds is 5. The van der Waals surface area contributed by atoms with Crippen LogP contribution in [0.2, 0.25) is 0 Å². The molecule has 5 nitrogen and oxygen atoms in total. The molecule has 0 aliphatic heterocycles. The van der Waals surface area contributed by atoms with Gasteiger partial charge in [0.05, 0.1) is 14.2 Å². The first-order valence-electron chi connectivity index (χ1n) is 7.28. The summed E-state index contributed by atoms with van der Waals surface area (Å²) in [5, 5.41) is 3.83. The number of nitrogens with one attached hydrogen (secondary N) is 2. The summed E-state index contributed by atoms with van der Waals surface area (Å²) in [4.78, 5) is 15.4. The van der Waals surface area contributed by atoms with Gasteiger partial charge in [0.15, 0.2) is 0 Å². The van der Waals surface area contributed by atoms with Crippen molar-refractivity contribution in [2.24, 2.45) is 0 Å². The van der Waals surface area contributed by atoms with Crippen molar-refractivity contribution in [2.75, 3.05) is 14.2 Å². The molecule has 0 radical (unpaired) electrons. The van der Waals surface area contributed by atoms with Crippen LogP contribution in [-0.2, 0) is 6.54 Å². The maximum absolute atomic E-state index is 12.3. The van der Waals surface area contributed by atoms with E-state index in [1.165, 1.54) is 0 Å². The predicted molar refractivity (Wildman–Crippen MR) is 89.0 cm³/mol. The monoisotopic (exact) mass is 310 g/mol. The molecule has 1 amide bonds. The quantitative estimate of drug-likeness (QED) is 0.761. The van der Waals surface area contributed by atoms with Gasteiger partial charge in [-0.2, -0.15) is 0 Å². The molecule has 0 fully saturated rings. The summed E-state index contributed by atoms with van der Waals surface area (Å²) in [6.07, 6.45) is 0. The van der Waals surface area contributed by atoms with Crippen LogP contribution in [0, 0.1) is 0 Å². The number of amides is 1. The number of carbonyl (C=O) groups is 1. The first kappa shape index (κ1) is 15.0. The molecule has 0 saturated heterocycles. The third-order valence-electron chi connectivity index (χ3n) is 3.70. The molecular weight excluding hydrogens is 292 g/mol. The third-order valence-corrected chi connectivity index (χ3v) is 3.70. The Hall–Kier alpha value is -2.95. The van der Waals surface area contributed by atoms with E-state index in [1.807, 2.05) is 48.5 Å². The fourth-order valence-corrected chi connectivity index (χ4v) is 2.48. The van der Waals surface area contributed by atoms with Crippen molar-refractivity contribution in [2.45, 2.75) is 6.54 Å². The predicted octanol–water partition coefficient (Wildman–Crippen LogP) is 3.12. The summed E-state index contributed by atoms with van der Waals surface area (Å²) >= 11 is 0. The molecule has 118 valence electrons. The SMILES string of the molecule is COc1ccc2[nH]c(C(=O)NCc3ccccc3OC)cc2c1. The van der Waals surface area contributed by atoms with Gasteiger partial charge in [0.1, 0.15) is 17.2 Å². The fourth-order valence-electron chi connectivity index (χ4n) is 2.48. The van der Waals surface area contributed by atoms with Crippen LogP contribution in [0.4, 0.5) is 0 Å². The van der Waals surface area contributed by atoms with Crippen LogP contribution in [0.25, 0.3) is 10.9 Å². The number of hydrogen-bond donors (Lipinski definition) is 2. The minimum Gasteiger partial charge on any atom is -0.497 e. The average Bonchev–Trinajstić information content (AvgIpc) is 3.03. The van der Waals surface area contributed by atoms with Crippen molar-refractivity contribution in [3.63, 3.8) is 0 Å². The highest BCUT2D eigenvalue weighted by Crippen LogP contribution is 2.22. The van der Waals surface area contributed by atoms with Crippen LogP contribution in [0.3, 0.4) is 0 Å². The Kier molecular flexibility index (Phi) is 4.19. The maximum Gasteiger partial charge on any atom is 0.267 e. The van der Waals surface area contributed by atoms with Crippen molar-refractivity contribution >= 4 is 16.8 Å². The van der Waals surface area contributed by atoms with E-state index in [0.717, 1.165) is 28.0 Å². The number of H-pyrrole nitrogens is 1. The maximum atomic E-state index is 12.3. The second-order valence-electron chi connectivity index (χ2n) is 5.13. The van der Waals surface area contributed by atoms with Crippen molar-refractivity contribution in [1.82, 2.24) is 10.3 Å². The van der Waals surface area contributed by atoms with E-state index < -0.39 is 0 Å². The second kappa shape index (κ2) is 6.44. The molecule has 0 aliphatic carbocycles. The number of benzene rings is 2. The summed E-state index contributed by atoms with van der Waals surface area (Å²) in [5.74, 6) is 1.36. The first-order valence-corrected chi connectivity index (χ1v) is 7.28. The van der Waals surface area contributed by atoms with Gasteiger partial charge in [-0.15, -0.1) is 0 Å². The molecule has 3 aromatic rings. The Morgan fingerprint density at radius 3 is 2.70 bits per heavy atom. The molecule has 1 aromatic heterocycles. The number of para-hydroxylation sites is 1. The van der Waals surface area contributed by atoms with Crippen molar-refractivity contribution in [3.8, 4) is 11.5 Å². The first-order chi connectivity index (χ1) is 11.2. The van der Waals surface area contributed by atoms with E-state index in [1.54, 1.807) is 14.2 Å². The lowest BCUT2D eigenvalue weighted by Gasteiger charge is -2.08. The molecular formula is C18H18N2O3. The largest absolute Gasteiger partial charge is 0.497 e. The molecule has 2 aromatic carbocycles. The van der Waals surface area contributed by atoms with Crippen molar-refractivity contribution in [3.05, 3.63) is 59.8 Å². The number of fused-ring (bicyclic) bond motifs is 1. The van der Waals surface area contributed by atoms with Gasteiger partial charge >= 0.3 is 0 Å². The van der Waals surface area contributed by atoms with Gasteiger partial charge in [0.2, 0.25) is 0 Å². The van der Waals surface area contributed by atoms with E-state index in [9.17, 15) is 4.79 Å². The summed E-state index contributed by atoms with van der Waals surface area (Å²) in [7, 11) is 3.24. The van der Waals surface area contributed by atoms with Crippen LogP contribution < -0.4 is 14.8 Å². The lowest BCUT2D eigenvalue weighted by molar-refractivity contribution is 0.0946. The van der Waals surface area contributed by atoms with Gasteiger partial charge in [-0.3, -0.25) is 4.79 Å². The molecule has 3 rings (SSSR count). The Labute approximate surface area is 134 Å². The third kappa shape index (κ3) is 3.13. The number of ether oxygens (including phenoxy) is 2. The second-order valence-corrected chi connectivity index (χ2v) is 5.13. The van der Waals surface area contributed by atoms with Crippen LogP contribution in [0.15, 0.2) is 48.5 Å². The molecule has 0 saturated carbocycles. The Bertz CT molecular complexity index is 839. The molecule has 23 heavy (non-hydrogen) atoms. The molecule has 2 N–H and O–H groups in total. The van der Waals surface area contributed by atoms with E-state index in [4.69, 9.17) is 9.47 Å². The van der Waals surface area contributed by atoms with Gasteiger partial charge < -0.3 is 19.8 Å². The Morgan fingerprint density at radius 1 is 1.09 bits per heavy atom. The zero-order valence-corrected chi connectivity index (χ0v) is 13.1. The zero-order chi connectivity index (χ0) is 16.2. The zero-order valence-electron chi connectivity index (χ0n) is 13.1. The minimum atomic E-state index is -0.161. The van der Waals surface area contributed by atoms with Crippen LogP contribution in [0.1, 0.15) is 16.1 Å². The van der Waals surface area contributed by atoms with Crippen molar-refractivity contribution in [1.29, 1.82) is 0 Å². The van der Waals surface area contributed by atoms with Gasteiger partial charge in [0, 0.05) is 23.0 Å². The Morgan fingerprint density at radius 2 is 1.91 bits per heavy atom. The normalized spacial score (nSPS) is 10.5. The molecule has 5 heteroatoms. The van der Waals surface area contributed by atoms with Crippen LogP contribution >= 0.6 is 0 Å². The molecule has 0 unspecified atom stereocenters. The number of aromatic amines is 1. The molecule has 0 spiro atoms. The van der Waals surface area contributed by atoms with E-state index >= 15 is 0 Å². The summed E-state index contributed by atoms with van der Waals surface area (Å²) in [6.45, 7) is 0.404. The number of carbonyl (C=O) groups excluding carboxylic acids is 1. The molecule has 1 heterocycles. The summed E-state index contributed by atoms with van der Waals surface area (Å²) in [5.41, 5.74) is 2.34. The Balaban J connectivity index is 1.75. The standard InChI is InChI=1S/C18H18N2O3/c1-22-14-7-8-15-13(9-14)10-16(20-15)18(21)19-11-12-5-3-4-6-17(12)23-2/h3-10,20H,11H2,1-2H3,(H,19,21). The van der Waals surface area contributed by atoms with Crippen LogP contribution in [0.5, 0.6) is 11.5 Å². The van der Waals surface area contributed by atoms with Gasteiger partial charge in [-0.1, -0.05) is 18.2 Å². The topological polar surface area (TPSA) is 63.4 Å². The lowest BCUT2D eigenvalue weighted by atomic mass is 10.2. The highest BCUT2D eigenvalue weighted by Gasteiger charge is 2.11. The number of aromatic nitrogens is 1. The summed E-state index contributed by atoms with van der Waals surface area (Å²) in [6, 6.07) is 15.1. The van der Waals surface area contributed by atoms with E-state index in [0.29, 0.717) is 12.2 Å². The highest BCUT2D eigenvalue weighted by atomic mass is 16.5. The van der Waals surface area contributed by atoms with E-state index in [2.05, 4.69) is 10.3 Å². The molecule has 0 aliphatic rings. The summed E-state index contributed by atoms with van der Waals surface area (Å²) < 4.78 is 10.5. The van der Waals surface area contributed by atoms with Gasteiger partial charge in [-0.05, 0) is 30.3 Å². The van der Waals surface area contributed by atoms with Gasteiger partial charge in [0.25, 0.3) is 5.91 Å². The lowest BCUT2D eigenvalue weighted by Crippen LogP contribution is -2.23. The van der Waals surface area contributed by atoms with Crippen molar-refractivity contribution < 1.29 is 14.3 Å². The highest BCUT2D eigenvalue weighted by molar-refractivity contribution is 5.98. The smallest absolute Gasteiger partial charge is 0.267 e. The number of hydrogen-bond acceptors (Lipinski definition) is 3. The van der Waals surface area contributed by atoms with Gasteiger partial charge in [-0.25, -0.2) is 0 Å².